The van der Waals surface area contributed by atoms with E-state index in [1.54, 1.807) is 12.2 Å². The fourth-order valence-electron chi connectivity index (χ4n) is 1.93. The van der Waals surface area contributed by atoms with Crippen molar-refractivity contribution in [3.8, 4) is 0 Å². The SMILES string of the molecule is C=C/C=C(\C)n1c(C(=C)C=C)nc2ccccc21. The van der Waals surface area contributed by atoms with Gasteiger partial charge in [-0.2, -0.15) is 0 Å². The van der Waals surface area contributed by atoms with E-state index in [1.165, 1.54) is 0 Å². The zero-order valence-electron chi connectivity index (χ0n) is 10.6. The molecule has 0 aliphatic heterocycles. The third kappa shape index (κ3) is 1.93. The Bertz CT molecular complexity index is 657. The van der Waals surface area contributed by atoms with Gasteiger partial charge in [-0.1, -0.05) is 44.0 Å². The molecule has 90 valence electrons. The highest BCUT2D eigenvalue weighted by Crippen LogP contribution is 2.24. The van der Waals surface area contributed by atoms with Crippen molar-refractivity contribution in [3.05, 3.63) is 68.1 Å². The van der Waals surface area contributed by atoms with Crippen LogP contribution in [0.15, 0.2) is 62.2 Å². The highest BCUT2D eigenvalue weighted by molar-refractivity contribution is 5.85. The molecule has 0 saturated heterocycles. The Morgan fingerprint density at radius 1 is 1.28 bits per heavy atom. The van der Waals surface area contributed by atoms with Crippen LogP contribution in [-0.4, -0.2) is 9.55 Å². The maximum Gasteiger partial charge on any atom is 0.144 e. The Morgan fingerprint density at radius 3 is 2.67 bits per heavy atom. The lowest BCUT2D eigenvalue weighted by atomic mass is 10.2. The maximum absolute atomic E-state index is 4.60. The number of nitrogens with zero attached hydrogens (tertiary/aromatic N) is 2. The van der Waals surface area contributed by atoms with Gasteiger partial charge in [0.15, 0.2) is 0 Å². The molecule has 1 heterocycles. The molecule has 0 amide bonds. The van der Waals surface area contributed by atoms with E-state index >= 15 is 0 Å². The number of aromatic nitrogens is 2. The fraction of sp³-hybridized carbons (Fsp3) is 0.0625. The van der Waals surface area contributed by atoms with E-state index in [9.17, 15) is 0 Å². The first kappa shape index (κ1) is 12.1. The predicted octanol–water partition coefficient (Wildman–Crippen LogP) is 4.28. The number of hydrogen-bond donors (Lipinski definition) is 0. The highest BCUT2D eigenvalue weighted by atomic mass is 15.1. The van der Waals surface area contributed by atoms with Gasteiger partial charge in [-0.05, 0) is 25.1 Å². The molecule has 0 fully saturated rings. The summed E-state index contributed by atoms with van der Waals surface area (Å²) in [6.45, 7) is 13.5. The molecular weight excluding hydrogens is 220 g/mol. The first-order chi connectivity index (χ1) is 8.69. The van der Waals surface area contributed by atoms with Crippen LogP contribution in [0, 0.1) is 0 Å². The molecule has 18 heavy (non-hydrogen) atoms. The van der Waals surface area contributed by atoms with Gasteiger partial charge in [0.25, 0.3) is 0 Å². The molecule has 0 aliphatic rings. The Hall–Kier alpha value is -2.35. The molecular formula is C16H16N2. The lowest BCUT2D eigenvalue weighted by Gasteiger charge is -2.08. The van der Waals surface area contributed by atoms with Crippen molar-refractivity contribution in [2.45, 2.75) is 6.92 Å². The van der Waals surface area contributed by atoms with E-state index in [-0.39, 0.29) is 0 Å². The van der Waals surface area contributed by atoms with Gasteiger partial charge < -0.3 is 0 Å². The molecule has 0 bridgehead atoms. The third-order valence-electron chi connectivity index (χ3n) is 2.81. The lowest BCUT2D eigenvalue weighted by molar-refractivity contribution is 1.07. The number of hydrogen-bond acceptors (Lipinski definition) is 1. The summed E-state index contributed by atoms with van der Waals surface area (Å²) in [6, 6.07) is 8.02. The minimum Gasteiger partial charge on any atom is -0.296 e. The Labute approximate surface area is 107 Å². The maximum atomic E-state index is 4.60. The van der Waals surface area contributed by atoms with Gasteiger partial charge in [-0.15, -0.1) is 0 Å². The van der Waals surface area contributed by atoms with Crippen LogP contribution < -0.4 is 0 Å². The molecule has 0 radical (unpaired) electrons. The zero-order chi connectivity index (χ0) is 13.1. The zero-order valence-corrected chi connectivity index (χ0v) is 10.6. The molecule has 0 saturated carbocycles. The number of benzene rings is 1. The summed E-state index contributed by atoms with van der Waals surface area (Å²) in [7, 11) is 0. The van der Waals surface area contributed by atoms with Gasteiger partial charge in [0.05, 0.1) is 11.0 Å². The molecule has 0 unspecified atom stereocenters. The summed E-state index contributed by atoms with van der Waals surface area (Å²) in [4.78, 5) is 4.60. The van der Waals surface area contributed by atoms with Crippen LogP contribution in [0.3, 0.4) is 0 Å². The average Bonchev–Trinajstić information content (AvgIpc) is 2.77. The summed E-state index contributed by atoms with van der Waals surface area (Å²) in [5, 5.41) is 0. The average molecular weight is 236 g/mol. The van der Waals surface area contributed by atoms with Gasteiger partial charge >= 0.3 is 0 Å². The van der Waals surface area contributed by atoms with Crippen molar-refractivity contribution in [1.29, 1.82) is 0 Å². The molecule has 0 spiro atoms. The van der Waals surface area contributed by atoms with Crippen LogP contribution in [0.25, 0.3) is 22.3 Å². The number of para-hydroxylation sites is 2. The van der Waals surface area contributed by atoms with Crippen LogP contribution in [0.2, 0.25) is 0 Å². The summed E-state index contributed by atoms with van der Waals surface area (Å²) >= 11 is 0. The molecule has 0 atom stereocenters. The second-order valence-corrected chi connectivity index (χ2v) is 4.03. The predicted molar refractivity (Wildman–Crippen MR) is 79.1 cm³/mol. The standard InChI is InChI=1S/C16H16N2/c1-5-9-13(4)18-15-11-8-7-10-14(15)17-16(18)12(3)6-2/h5-11H,1-3H2,4H3/b13-9+. The smallest absolute Gasteiger partial charge is 0.144 e. The van der Waals surface area contributed by atoms with Gasteiger partial charge in [-0.3, -0.25) is 4.57 Å². The summed E-state index contributed by atoms with van der Waals surface area (Å²) < 4.78 is 2.07. The van der Waals surface area contributed by atoms with Crippen molar-refractivity contribution in [1.82, 2.24) is 9.55 Å². The summed E-state index contributed by atoms with van der Waals surface area (Å²) in [5.41, 5.74) is 3.87. The first-order valence-electron chi connectivity index (χ1n) is 5.78. The van der Waals surface area contributed by atoms with E-state index in [2.05, 4.69) is 29.3 Å². The Kier molecular flexibility index (Phi) is 3.28. The van der Waals surface area contributed by atoms with Crippen LogP contribution >= 0.6 is 0 Å². The second kappa shape index (κ2) is 4.88. The van der Waals surface area contributed by atoms with Crippen LogP contribution in [-0.2, 0) is 0 Å². The van der Waals surface area contributed by atoms with Crippen molar-refractivity contribution in [3.63, 3.8) is 0 Å². The van der Waals surface area contributed by atoms with E-state index < -0.39 is 0 Å². The first-order valence-corrected chi connectivity index (χ1v) is 5.78. The van der Waals surface area contributed by atoms with Gasteiger partial charge in [0.2, 0.25) is 0 Å². The fourth-order valence-corrected chi connectivity index (χ4v) is 1.93. The Morgan fingerprint density at radius 2 is 2.00 bits per heavy atom. The Balaban J connectivity index is 2.80. The molecule has 1 aromatic heterocycles. The van der Waals surface area contributed by atoms with Crippen LogP contribution in [0.1, 0.15) is 12.7 Å². The number of rotatable bonds is 4. The summed E-state index contributed by atoms with van der Waals surface area (Å²) in [5.74, 6) is 0.821. The van der Waals surface area contributed by atoms with E-state index in [1.807, 2.05) is 37.3 Å². The van der Waals surface area contributed by atoms with Gasteiger partial charge in [0.1, 0.15) is 5.82 Å². The second-order valence-electron chi connectivity index (χ2n) is 4.03. The van der Waals surface area contributed by atoms with E-state index in [4.69, 9.17) is 0 Å². The van der Waals surface area contributed by atoms with Crippen molar-refractivity contribution in [2.75, 3.05) is 0 Å². The molecule has 0 N–H and O–H groups in total. The van der Waals surface area contributed by atoms with Crippen molar-refractivity contribution in [2.24, 2.45) is 0 Å². The van der Waals surface area contributed by atoms with Gasteiger partial charge in [0, 0.05) is 11.3 Å². The third-order valence-corrected chi connectivity index (χ3v) is 2.81. The number of imidazole rings is 1. The topological polar surface area (TPSA) is 17.8 Å². The minimum atomic E-state index is 0.808. The summed E-state index contributed by atoms with van der Waals surface area (Å²) in [6.07, 6.45) is 5.44. The molecule has 2 aromatic rings. The highest BCUT2D eigenvalue weighted by Gasteiger charge is 2.12. The number of allylic oxidation sites excluding steroid dienone is 5. The molecule has 1 aromatic carbocycles. The lowest BCUT2D eigenvalue weighted by Crippen LogP contribution is -1.99. The molecule has 2 nitrogen and oxygen atoms in total. The number of fused-ring (bicyclic) bond motifs is 1. The normalized spacial score (nSPS) is 11.5. The van der Waals surface area contributed by atoms with Crippen LogP contribution in [0.5, 0.6) is 0 Å². The largest absolute Gasteiger partial charge is 0.296 e. The molecule has 2 heteroatoms. The van der Waals surface area contributed by atoms with Gasteiger partial charge in [-0.25, -0.2) is 4.98 Å². The van der Waals surface area contributed by atoms with Crippen LogP contribution in [0.4, 0.5) is 0 Å². The monoisotopic (exact) mass is 236 g/mol. The van der Waals surface area contributed by atoms with E-state index in [0.29, 0.717) is 0 Å². The van der Waals surface area contributed by atoms with Crippen molar-refractivity contribution >= 4 is 22.3 Å². The molecule has 0 aliphatic carbocycles. The minimum absolute atomic E-state index is 0.808. The van der Waals surface area contributed by atoms with Crippen molar-refractivity contribution < 1.29 is 0 Å². The van der Waals surface area contributed by atoms with E-state index in [0.717, 1.165) is 28.1 Å². The quantitative estimate of drug-likeness (QED) is 0.724. The molecule has 2 rings (SSSR count).